The number of halogens is 1. The summed E-state index contributed by atoms with van der Waals surface area (Å²) in [5.41, 5.74) is 1.18. The van der Waals surface area contributed by atoms with Crippen molar-refractivity contribution < 1.29 is 9.53 Å². The number of hydrogen-bond donors (Lipinski definition) is 0. The molecule has 4 nitrogen and oxygen atoms in total. The van der Waals surface area contributed by atoms with Crippen LogP contribution in [-0.2, 0) is 9.53 Å². The molecule has 0 aliphatic heterocycles. The van der Waals surface area contributed by atoms with E-state index in [-0.39, 0.29) is 5.28 Å². The van der Waals surface area contributed by atoms with E-state index in [0.717, 1.165) is 0 Å². The number of aromatic nitrogens is 2. The number of aryl methyl sites for hydroxylation is 1. The highest BCUT2D eigenvalue weighted by atomic mass is 35.5. The second-order valence-corrected chi connectivity index (χ2v) is 2.72. The van der Waals surface area contributed by atoms with Crippen molar-refractivity contribution >= 4 is 17.6 Å². The van der Waals surface area contributed by atoms with Crippen LogP contribution in [0.3, 0.4) is 0 Å². The largest absolute Gasteiger partial charge is 0.459 e. The zero-order chi connectivity index (χ0) is 10.6. The first kappa shape index (κ1) is 10.5. The molecule has 14 heavy (non-hydrogen) atoms. The second-order valence-electron chi connectivity index (χ2n) is 2.38. The lowest BCUT2D eigenvalue weighted by atomic mass is 10.2. The molecule has 5 heteroatoms. The molecule has 1 rings (SSSR count). The third kappa shape index (κ3) is 2.71. The lowest BCUT2D eigenvalue weighted by Crippen LogP contribution is -1.96. The van der Waals surface area contributed by atoms with Crippen LogP contribution in [0.5, 0.6) is 0 Å². The minimum absolute atomic E-state index is 0.158. The number of carbonyl (C=O) groups excluding carboxylic acids is 1. The van der Waals surface area contributed by atoms with Crippen molar-refractivity contribution in [2.75, 3.05) is 7.11 Å². The van der Waals surface area contributed by atoms with Gasteiger partial charge in [0.1, 0.15) is 0 Å². The lowest BCUT2D eigenvalue weighted by molar-refractivity contribution is -0.133. The van der Waals surface area contributed by atoms with Gasteiger partial charge in [0.05, 0.1) is 18.4 Å². The van der Waals surface area contributed by atoms with Crippen LogP contribution < -0.4 is 0 Å². The summed E-state index contributed by atoms with van der Waals surface area (Å²) < 4.78 is 4.36. The molecule has 0 aliphatic rings. The Hall–Kier alpha value is -1.60. The monoisotopic (exact) mass is 210 g/mol. The molecule has 1 aromatic rings. The molecule has 0 saturated heterocycles. The van der Waals surface area contributed by atoms with Crippen molar-refractivity contribution in [3.8, 4) is 11.8 Å². The quantitative estimate of drug-likeness (QED) is 0.364. The van der Waals surface area contributed by atoms with Gasteiger partial charge in [0.25, 0.3) is 0 Å². The Balaban J connectivity index is 2.96. The standard InChI is InChI=1S/C9H7ClN2O2/c1-6-7(3-4-8(13)14-2)5-11-9(10)12-6/h5H,1-2H3. The Kier molecular flexibility index (Phi) is 3.43. The zero-order valence-corrected chi connectivity index (χ0v) is 8.42. The highest BCUT2D eigenvalue weighted by molar-refractivity contribution is 6.28. The summed E-state index contributed by atoms with van der Waals surface area (Å²) in [7, 11) is 1.27. The highest BCUT2D eigenvalue weighted by Crippen LogP contribution is 2.05. The molecule has 0 fully saturated rings. The summed E-state index contributed by atoms with van der Waals surface area (Å²) in [6, 6.07) is 0. The third-order valence-corrected chi connectivity index (χ3v) is 1.62. The van der Waals surface area contributed by atoms with Gasteiger partial charge in [-0.3, -0.25) is 0 Å². The number of methoxy groups -OCH3 is 1. The predicted octanol–water partition coefficient (Wildman–Crippen LogP) is 0.963. The Bertz CT molecular complexity index is 421. The van der Waals surface area contributed by atoms with Crippen molar-refractivity contribution in [2.45, 2.75) is 6.92 Å². The van der Waals surface area contributed by atoms with Crippen molar-refractivity contribution in [1.82, 2.24) is 9.97 Å². The number of esters is 1. The van der Waals surface area contributed by atoms with E-state index in [4.69, 9.17) is 11.6 Å². The van der Waals surface area contributed by atoms with Gasteiger partial charge in [0, 0.05) is 12.1 Å². The van der Waals surface area contributed by atoms with Crippen LogP contribution in [0.1, 0.15) is 11.3 Å². The topological polar surface area (TPSA) is 52.1 Å². The molecule has 1 aromatic heterocycles. The normalized spacial score (nSPS) is 8.79. The van der Waals surface area contributed by atoms with E-state index in [1.165, 1.54) is 13.3 Å². The maximum Gasteiger partial charge on any atom is 0.384 e. The highest BCUT2D eigenvalue weighted by Gasteiger charge is 1.98. The van der Waals surface area contributed by atoms with Gasteiger partial charge in [-0.15, -0.1) is 0 Å². The van der Waals surface area contributed by atoms with E-state index < -0.39 is 5.97 Å². The van der Waals surface area contributed by atoms with E-state index >= 15 is 0 Å². The Morgan fingerprint density at radius 3 is 2.93 bits per heavy atom. The van der Waals surface area contributed by atoms with Crippen LogP contribution in [0.2, 0.25) is 5.28 Å². The molecule has 0 unspecified atom stereocenters. The zero-order valence-electron chi connectivity index (χ0n) is 7.67. The van der Waals surface area contributed by atoms with E-state index in [1.54, 1.807) is 6.92 Å². The molecule has 0 radical (unpaired) electrons. The second kappa shape index (κ2) is 4.58. The molecule has 72 valence electrons. The van der Waals surface area contributed by atoms with Crippen molar-refractivity contribution in [1.29, 1.82) is 0 Å². The van der Waals surface area contributed by atoms with Crippen LogP contribution in [0, 0.1) is 18.8 Å². The molecule has 0 amide bonds. The van der Waals surface area contributed by atoms with E-state index in [0.29, 0.717) is 11.3 Å². The smallest absolute Gasteiger partial charge is 0.384 e. The average molecular weight is 211 g/mol. The van der Waals surface area contributed by atoms with E-state index in [1.807, 2.05) is 0 Å². The molecule has 0 bridgehead atoms. The van der Waals surface area contributed by atoms with Crippen molar-refractivity contribution in [3.63, 3.8) is 0 Å². The van der Waals surface area contributed by atoms with Gasteiger partial charge in [0.2, 0.25) is 5.28 Å². The number of carbonyl (C=O) groups is 1. The Labute approximate surface area is 86.3 Å². The van der Waals surface area contributed by atoms with Crippen LogP contribution in [0.15, 0.2) is 6.20 Å². The van der Waals surface area contributed by atoms with Crippen LogP contribution in [-0.4, -0.2) is 23.0 Å². The molecule has 0 aliphatic carbocycles. The van der Waals surface area contributed by atoms with Crippen LogP contribution in [0.4, 0.5) is 0 Å². The fourth-order valence-electron chi connectivity index (χ4n) is 0.731. The molecule has 0 spiro atoms. The fourth-order valence-corrected chi connectivity index (χ4v) is 0.906. The fraction of sp³-hybridized carbons (Fsp3) is 0.222. The van der Waals surface area contributed by atoms with Gasteiger partial charge in [-0.2, -0.15) is 0 Å². The van der Waals surface area contributed by atoms with Crippen LogP contribution >= 0.6 is 11.6 Å². The van der Waals surface area contributed by atoms with Crippen molar-refractivity contribution in [2.24, 2.45) is 0 Å². The Morgan fingerprint density at radius 1 is 1.64 bits per heavy atom. The van der Waals surface area contributed by atoms with Crippen LogP contribution in [0.25, 0.3) is 0 Å². The number of rotatable bonds is 0. The van der Waals surface area contributed by atoms with Gasteiger partial charge in [0.15, 0.2) is 0 Å². The maximum absolute atomic E-state index is 10.7. The molecule has 0 N–H and O–H groups in total. The van der Waals surface area contributed by atoms with Gasteiger partial charge >= 0.3 is 5.97 Å². The average Bonchev–Trinajstić information content (AvgIpc) is 2.16. The number of ether oxygens (including phenoxy) is 1. The van der Waals surface area contributed by atoms with Gasteiger partial charge in [-0.25, -0.2) is 14.8 Å². The molecule has 0 saturated carbocycles. The van der Waals surface area contributed by atoms with Gasteiger partial charge in [-0.05, 0) is 18.5 Å². The third-order valence-electron chi connectivity index (χ3n) is 1.43. The minimum Gasteiger partial charge on any atom is -0.459 e. The summed E-state index contributed by atoms with van der Waals surface area (Å²) in [4.78, 5) is 18.3. The maximum atomic E-state index is 10.7. The first-order chi connectivity index (χ1) is 6.63. The summed E-state index contributed by atoms with van der Waals surface area (Å²) in [6.45, 7) is 1.73. The summed E-state index contributed by atoms with van der Waals surface area (Å²) in [5, 5.41) is 0.158. The van der Waals surface area contributed by atoms with E-state index in [9.17, 15) is 4.79 Å². The lowest BCUT2D eigenvalue weighted by Gasteiger charge is -1.95. The predicted molar refractivity (Wildman–Crippen MR) is 50.7 cm³/mol. The minimum atomic E-state index is -0.598. The van der Waals surface area contributed by atoms with E-state index in [2.05, 4.69) is 26.5 Å². The van der Waals surface area contributed by atoms with Crippen molar-refractivity contribution in [3.05, 3.63) is 22.7 Å². The molecule has 0 atom stereocenters. The number of nitrogens with zero attached hydrogens (tertiary/aromatic N) is 2. The number of hydrogen-bond acceptors (Lipinski definition) is 4. The van der Waals surface area contributed by atoms with Gasteiger partial charge in [-0.1, -0.05) is 5.92 Å². The first-order valence-electron chi connectivity index (χ1n) is 3.72. The Morgan fingerprint density at radius 2 is 2.36 bits per heavy atom. The van der Waals surface area contributed by atoms with Gasteiger partial charge < -0.3 is 4.74 Å². The summed E-state index contributed by atoms with van der Waals surface area (Å²) in [5.74, 6) is 4.26. The summed E-state index contributed by atoms with van der Waals surface area (Å²) in [6.07, 6.45) is 1.46. The molecular weight excluding hydrogens is 204 g/mol. The SMILES string of the molecule is COC(=O)C#Cc1cnc(Cl)nc1C. The first-order valence-corrected chi connectivity index (χ1v) is 4.10. The molecular formula is C9H7ClN2O2. The molecule has 0 aromatic carbocycles. The molecule has 1 heterocycles. The summed E-state index contributed by atoms with van der Waals surface area (Å²) >= 11 is 5.54.